The van der Waals surface area contributed by atoms with Crippen molar-refractivity contribution in [2.24, 2.45) is 10.8 Å². The molecule has 0 unspecified atom stereocenters. The summed E-state index contributed by atoms with van der Waals surface area (Å²) in [6.45, 7) is 12.9. The van der Waals surface area contributed by atoms with Crippen molar-refractivity contribution in [3.05, 3.63) is 35.1 Å². The summed E-state index contributed by atoms with van der Waals surface area (Å²) in [5, 5.41) is 0. The van der Waals surface area contributed by atoms with Gasteiger partial charge in [0.2, 0.25) is 0 Å². The molecule has 1 rings (SSSR count). The van der Waals surface area contributed by atoms with Crippen molar-refractivity contribution in [3.8, 4) is 0 Å². The summed E-state index contributed by atoms with van der Waals surface area (Å²) in [5.41, 5.74) is 3.35. The molecule has 0 spiro atoms. The van der Waals surface area contributed by atoms with Gasteiger partial charge in [-0.15, -0.1) is 0 Å². The molecule has 19 heavy (non-hydrogen) atoms. The fourth-order valence-electron chi connectivity index (χ4n) is 2.27. The van der Waals surface area contributed by atoms with Crippen LogP contribution in [0, 0.1) is 10.8 Å². The van der Waals surface area contributed by atoms with E-state index in [1.807, 2.05) is 19.0 Å². The second kappa shape index (κ2) is 4.99. The molecule has 0 aliphatic heterocycles. The first-order chi connectivity index (χ1) is 8.43. The number of allylic oxidation sites excluding steroid dienone is 5. The lowest BCUT2D eigenvalue weighted by Gasteiger charge is -2.35. The van der Waals surface area contributed by atoms with E-state index in [9.17, 15) is 4.79 Å². The first kappa shape index (κ1) is 15.7. The Kier molecular flexibility index (Phi) is 4.14. The van der Waals surface area contributed by atoms with Crippen LogP contribution in [0.1, 0.15) is 41.5 Å². The summed E-state index contributed by atoms with van der Waals surface area (Å²) in [6.07, 6.45) is 5.69. The van der Waals surface area contributed by atoms with Crippen LogP contribution in [-0.4, -0.2) is 24.8 Å². The largest absolute Gasteiger partial charge is 0.383 e. The van der Waals surface area contributed by atoms with Crippen molar-refractivity contribution < 1.29 is 4.79 Å². The molecule has 0 atom stereocenters. The Labute approximate surface area is 117 Å². The van der Waals surface area contributed by atoms with E-state index in [1.54, 1.807) is 12.2 Å². The Bertz CT molecular complexity index is 426. The third-order valence-electron chi connectivity index (χ3n) is 3.16. The maximum atomic E-state index is 12.0. The first-order valence-corrected chi connectivity index (χ1v) is 6.80. The van der Waals surface area contributed by atoms with E-state index < -0.39 is 0 Å². The summed E-state index contributed by atoms with van der Waals surface area (Å²) >= 11 is 0. The number of ketones is 1. The number of carbonyl (C=O) groups excluding carboxylic acids is 1. The van der Waals surface area contributed by atoms with Crippen LogP contribution < -0.4 is 0 Å². The highest BCUT2D eigenvalue weighted by molar-refractivity contribution is 6.03. The first-order valence-electron chi connectivity index (χ1n) is 6.80. The molecule has 0 heterocycles. The topological polar surface area (TPSA) is 20.3 Å². The molecule has 0 saturated heterocycles. The van der Waals surface area contributed by atoms with Crippen molar-refractivity contribution in [1.82, 2.24) is 4.90 Å². The SMILES string of the molecule is CN(C)C=C1C(C(C)(C)C)=CC(=O)C=C1C(C)(C)C. The molecule has 0 fully saturated rings. The van der Waals surface area contributed by atoms with Crippen LogP contribution in [0.5, 0.6) is 0 Å². The van der Waals surface area contributed by atoms with Gasteiger partial charge in [0.25, 0.3) is 0 Å². The van der Waals surface area contributed by atoms with Crippen LogP contribution in [-0.2, 0) is 4.79 Å². The molecule has 0 bridgehead atoms. The van der Waals surface area contributed by atoms with E-state index in [-0.39, 0.29) is 16.6 Å². The second-order valence-electron chi connectivity index (χ2n) is 7.52. The Hall–Kier alpha value is -1.31. The van der Waals surface area contributed by atoms with Gasteiger partial charge in [-0.1, -0.05) is 41.5 Å². The summed E-state index contributed by atoms with van der Waals surface area (Å²) < 4.78 is 0. The number of nitrogens with zero attached hydrogens (tertiary/aromatic N) is 1. The molecule has 0 aromatic carbocycles. The minimum Gasteiger partial charge on any atom is -0.383 e. The lowest BCUT2D eigenvalue weighted by Crippen LogP contribution is -2.24. The third-order valence-corrected chi connectivity index (χ3v) is 3.16. The van der Waals surface area contributed by atoms with Gasteiger partial charge in [-0.2, -0.15) is 0 Å². The molecular formula is C17H27NO. The van der Waals surface area contributed by atoms with Crippen molar-refractivity contribution in [3.63, 3.8) is 0 Å². The minimum absolute atomic E-state index is 0.0394. The number of carbonyl (C=O) groups is 1. The van der Waals surface area contributed by atoms with Gasteiger partial charge in [-0.25, -0.2) is 0 Å². The van der Waals surface area contributed by atoms with E-state index in [2.05, 4.69) is 47.7 Å². The highest BCUT2D eigenvalue weighted by atomic mass is 16.1. The van der Waals surface area contributed by atoms with E-state index in [4.69, 9.17) is 0 Å². The second-order valence-corrected chi connectivity index (χ2v) is 7.52. The molecule has 0 aromatic heterocycles. The minimum atomic E-state index is -0.0394. The lowest BCUT2D eigenvalue weighted by molar-refractivity contribution is -0.110. The Morgan fingerprint density at radius 1 is 0.895 bits per heavy atom. The normalized spacial score (nSPS) is 17.1. The molecule has 1 aliphatic rings. The molecule has 106 valence electrons. The molecule has 0 radical (unpaired) electrons. The molecule has 0 aromatic rings. The van der Waals surface area contributed by atoms with E-state index in [0.717, 1.165) is 11.1 Å². The monoisotopic (exact) mass is 261 g/mol. The number of hydrogen-bond acceptors (Lipinski definition) is 2. The van der Waals surface area contributed by atoms with Gasteiger partial charge < -0.3 is 4.90 Å². The number of rotatable bonds is 1. The Morgan fingerprint density at radius 2 is 1.26 bits per heavy atom. The zero-order valence-corrected chi connectivity index (χ0v) is 13.6. The third kappa shape index (κ3) is 3.82. The smallest absolute Gasteiger partial charge is 0.179 e. The van der Waals surface area contributed by atoms with Gasteiger partial charge in [0.1, 0.15) is 0 Å². The zero-order valence-electron chi connectivity index (χ0n) is 13.6. The van der Waals surface area contributed by atoms with E-state index in [1.165, 1.54) is 5.57 Å². The highest BCUT2D eigenvalue weighted by Crippen LogP contribution is 2.43. The van der Waals surface area contributed by atoms with Crippen LogP contribution in [0.2, 0.25) is 0 Å². The summed E-state index contributed by atoms with van der Waals surface area (Å²) in [6, 6.07) is 0. The zero-order chi connectivity index (χ0) is 15.0. The molecule has 0 saturated carbocycles. The molecule has 1 aliphatic carbocycles. The van der Waals surface area contributed by atoms with Crippen molar-refractivity contribution >= 4 is 5.78 Å². The van der Waals surface area contributed by atoms with Gasteiger partial charge in [0.15, 0.2) is 5.78 Å². The van der Waals surface area contributed by atoms with Crippen molar-refractivity contribution in [1.29, 1.82) is 0 Å². The average Bonchev–Trinajstić information content (AvgIpc) is 2.16. The maximum Gasteiger partial charge on any atom is 0.179 e. The fourth-order valence-corrected chi connectivity index (χ4v) is 2.27. The Morgan fingerprint density at radius 3 is 1.53 bits per heavy atom. The maximum absolute atomic E-state index is 12.0. The molecule has 0 amide bonds. The van der Waals surface area contributed by atoms with Crippen LogP contribution in [0.3, 0.4) is 0 Å². The van der Waals surface area contributed by atoms with Crippen LogP contribution in [0.15, 0.2) is 35.1 Å². The predicted octanol–water partition coefficient (Wildman–Crippen LogP) is 3.96. The molecule has 0 N–H and O–H groups in total. The van der Waals surface area contributed by atoms with Gasteiger partial charge in [0.05, 0.1) is 0 Å². The van der Waals surface area contributed by atoms with E-state index in [0.29, 0.717) is 0 Å². The molecule has 2 nitrogen and oxygen atoms in total. The quantitative estimate of drug-likeness (QED) is 0.712. The summed E-state index contributed by atoms with van der Waals surface area (Å²) in [4.78, 5) is 14.1. The lowest BCUT2D eigenvalue weighted by atomic mass is 9.70. The Balaban J connectivity index is 3.47. The highest BCUT2D eigenvalue weighted by Gasteiger charge is 2.32. The van der Waals surface area contributed by atoms with E-state index >= 15 is 0 Å². The molecular weight excluding hydrogens is 234 g/mol. The van der Waals surface area contributed by atoms with Gasteiger partial charge in [-0.3, -0.25) is 4.79 Å². The van der Waals surface area contributed by atoms with Gasteiger partial charge >= 0.3 is 0 Å². The standard InChI is InChI=1S/C17H27NO/c1-16(2,3)14-9-12(19)10-15(17(4,5)6)13(14)11-18(7)8/h9-11H,1-8H3. The summed E-state index contributed by atoms with van der Waals surface area (Å²) in [5.74, 6) is 0.103. The van der Waals surface area contributed by atoms with Gasteiger partial charge in [0, 0.05) is 20.3 Å². The predicted molar refractivity (Wildman–Crippen MR) is 81.9 cm³/mol. The van der Waals surface area contributed by atoms with Crippen LogP contribution in [0.25, 0.3) is 0 Å². The van der Waals surface area contributed by atoms with Gasteiger partial charge in [-0.05, 0) is 39.7 Å². The van der Waals surface area contributed by atoms with Crippen molar-refractivity contribution in [2.45, 2.75) is 41.5 Å². The average molecular weight is 261 g/mol. The fraction of sp³-hybridized carbons (Fsp3) is 0.588. The van der Waals surface area contributed by atoms with Crippen molar-refractivity contribution in [2.75, 3.05) is 14.1 Å². The van der Waals surface area contributed by atoms with Crippen LogP contribution in [0.4, 0.5) is 0 Å². The molecule has 2 heteroatoms. The summed E-state index contributed by atoms with van der Waals surface area (Å²) in [7, 11) is 4.04. The van der Waals surface area contributed by atoms with Crippen LogP contribution >= 0.6 is 0 Å². The number of hydrogen-bond donors (Lipinski definition) is 0.